The third kappa shape index (κ3) is 2.60. The van der Waals surface area contributed by atoms with E-state index in [1.165, 1.54) is 5.69 Å². The first-order valence-electron chi connectivity index (χ1n) is 6.01. The Labute approximate surface area is 114 Å². The lowest BCUT2D eigenvalue weighted by molar-refractivity contribution is -0.119. The Bertz CT molecular complexity index is 430. The number of carbonyl (C=O) groups excluding carboxylic acids is 1. The fourth-order valence-corrected chi connectivity index (χ4v) is 4.00. The fourth-order valence-electron chi connectivity index (χ4n) is 2.13. The molecule has 1 saturated heterocycles. The van der Waals surface area contributed by atoms with E-state index in [0.717, 1.165) is 35.3 Å². The van der Waals surface area contributed by atoms with Crippen molar-refractivity contribution in [3.63, 3.8) is 0 Å². The summed E-state index contributed by atoms with van der Waals surface area (Å²) >= 11 is 5.38. The van der Waals surface area contributed by atoms with Gasteiger partial charge in [-0.05, 0) is 29.3 Å². The highest BCUT2D eigenvalue weighted by Crippen LogP contribution is 2.29. The molecule has 0 aliphatic carbocycles. The molecule has 1 fully saturated rings. The molecule has 1 atom stereocenters. The van der Waals surface area contributed by atoms with Crippen LogP contribution in [0.25, 0.3) is 0 Å². The summed E-state index contributed by atoms with van der Waals surface area (Å²) in [5.74, 6) is 2.22. The van der Waals surface area contributed by atoms with Crippen LogP contribution in [-0.4, -0.2) is 27.1 Å². The Balaban J connectivity index is 2.24. The topological polar surface area (TPSA) is 34.9 Å². The zero-order valence-electron chi connectivity index (χ0n) is 10.2. The second-order valence-corrected chi connectivity index (χ2v) is 6.08. The van der Waals surface area contributed by atoms with Gasteiger partial charge in [0.15, 0.2) is 0 Å². The molecule has 0 N–H and O–H groups in total. The molecule has 0 amide bonds. The minimum atomic E-state index is 0.183. The molecule has 3 nitrogen and oxygen atoms in total. The number of ketones is 1. The molecule has 0 radical (unpaired) electrons. The van der Waals surface area contributed by atoms with Gasteiger partial charge in [0, 0.05) is 24.6 Å². The molecule has 2 heterocycles. The fraction of sp³-hybridized carbons (Fsp3) is 0.667. The lowest BCUT2D eigenvalue weighted by atomic mass is 10.0. The summed E-state index contributed by atoms with van der Waals surface area (Å²) in [6.45, 7) is 5.06. The lowest BCUT2D eigenvalue weighted by Crippen LogP contribution is -2.17. The summed E-state index contributed by atoms with van der Waals surface area (Å²) in [6, 6.07) is 0. The third-order valence-corrected chi connectivity index (χ3v) is 5.19. The lowest BCUT2D eigenvalue weighted by Gasteiger charge is -2.09. The molecule has 0 saturated carbocycles. The summed E-state index contributed by atoms with van der Waals surface area (Å²) in [7, 11) is 0. The van der Waals surface area contributed by atoms with Crippen molar-refractivity contribution in [1.29, 1.82) is 0 Å². The Hall–Kier alpha value is -0.290. The van der Waals surface area contributed by atoms with E-state index in [1.54, 1.807) is 11.8 Å². The third-order valence-electron chi connectivity index (χ3n) is 3.15. The van der Waals surface area contributed by atoms with Gasteiger partial charge in [-0.1, -0.05) is 6.92 Å². The Morgan fingerprint density at radius 3 is 2.82 bits per heavy atom. The van der Waals surface area contributed by atoms with Gasteiger partial charge in [0.2, 0.25) is 0 Å². The van der Waals surface area contributed by atoms with Crippen LogP contribution in [0.3, 0.4) is 0 Å². The molecule has 1 aromatic rings. The highest BCUT2D eigenvalue weighted by Gasteiger charge is 2.27. The average molecular weight is 317 g/mol. The smallest absolute Gasteiger partial charge is 0.147 e. The zero-order chi connectivity index (χ0) is 12.4. The molecule has 2 rings (SSSR count). The van der Waals surface area contributed by atoms with Crippen LogP contribution in [-0.2, 0) is 24.2 Å². The monoisotopic (exact) mass is 316 g/mol. The van der Waals surface area contributed by atoms with Crippen LogP contribution >= 0.6 is 27.7 Å². The molecular weight excluding hydrogens is 300 g/mol. The standard InChI is InChI=1S/C12H17BrN2OS/c1-3-9-12(13)10(15(4-2)14-9)5-8-6-17-7-11(8)16/h8H,3-7H2,1-2H3. The van der Waals surface area contributed by atoms with Crippen molar-refractivity contribution in [2.24, 2.45) is 5.92 Å². The van der Waals surface area contributed by atoms with Crippen LogP contribution in [0.4, 0.5) is 0 Å². The molecule has 0 spiro atoms. The number of halogens is 1. The van der Waals surface area contributed by atoms with Crippen molar-refractivity contribution in [3.05, 3.63) is 15.9 Å². The Morgan fingerprint density at radius 1 is 1.53 bits per heavy atom. The van der Waals surface area contributed by atoms with E-state index in [-0.39, 0.29) is 5.92 Å². The van der Waals surface area contributed by atoms with E-state index >= 15 is 0 Å². The molecular formula is C12H17BrN2OS. The number of Topliss-reactive ketones (excluding diaryl/α,β-unsaturated/α-hetero) is 1. The molecule has 1 aromatic heterocycles. The molecule has 94 valence electrons. The molecule has 0 aromatic carbocycles. The number of hydrogen-bond acceptors (Lipinski definition) is 3. The summed E-state index contributed by atoms with van der Waals surface area (Å²) < 4.78 is 3.13. The van der Waals surface area contributed by atoms with E-state index in [1.807, 2.05) is 4.68 Å². The van der Waals surface area contributed by atoms with Gasteiger partial charge < -0.3 is 0 Å². The molecule has 5 heteroatoms. The van der Waals surface area contributed by atoms with Crippen LogP contribution in [0.1, 0.15) is 25.2 Å². The van der Waals surface area contributed by atoms with Crippen LogP contribution in [0.5, 0.6) is 0 Å². The summed E-state index contributed by atoms with van der Waals surface area (Å²) in [6.07, 6.45) is 1.75. The van der Waals surface area contributed by atoms with Gasteiger partial charge in [-0.3, -0.25) is 9.48 Å². The van der Waals surface area contributed by atoms with Crippen LogP contribution in [0.2, 0.25) is 0 Å². The number of thioether (sulfide) groups is 1. The van der Waals surface area contributed by atoms with Gasteiger partial charge in [0.1, 0.15) is 5.78 Å². The predicted molar refractivity (Wildman–Crippen MR) is 74.5 cm³/mol. The van der Waals surface area contributed by atoms with Gasteiger partial charge >= 0.3 is 0 Å². The van der Waals surface area contributed by atoms with Crippen molar-refractivity contribution in [1.82, 2.24) is 9.78 Å². The van der Waals surface area contributed by atoms with Gasteiger partial charge in [-0.15, -0.1) is 0 Å². The van der Waals surface area contributed by atoms with Crippen molar-refractivity contribution in [3.8, 4) is 0 Å². The highest BCUT2D eigenvalue weighted by molar-refractivity contribution is 9.10. The van der Waals surface area contributed by atoms with E-state index in [2.05, 4.69) is 34.9 Å². The maximum Gasteiger partial charge on any atom is 0.147 e. The maximum atomic E-state index is 11.7. The van der Waals surface area contributed by atoms with E-state index in [9.17, 15) is 4.79 Å². The number of aryl methyl sites for hydroxylation is 2. The summed E-state index contributed by atoms with van der Waals surface area (Å²) in [5, 5.41) is 4.57. The maximum absolute atomic E-state index is 11.7. The van der Waals surface area contributed by atoms with Crippen LogP contribution in [0.15, 0.2) is 4.47 Å². The van der Waals surface area contributed by atoms with E-state index in [4.69, 9.17) is 0 Å². The molecule has 1 aliphatic heterocycles. The molecule has 17 heavy (non-hydrogen) atoms. The highest BCUT2D eigenvalue weighted by atomic mass is 79.9. The first kappa shape index (κ1) is 13.1. The van der Waals surface area contributed by atoms with Crippen molar-refractivity contribution >= 4 is 33.5 Å². The van der Waals surface area contributed by atoms with Crippen molar-refractivity contribution in [2.45, 2.75) is 33.2 Å². The summed E-state index contributed by atoms with van der Waals surface area (Å²) in [5.41, 5.74) is 2.28. The Morgan fingerprint density at radius 2 is 2.29 bits per heavy atom. The van der Waals surface area contributed by atoms with Gasteiger partial charge in [0.25, 0.3) is 0 Å². The van der Waals surface area contributed by atoms with E-state index in [0.29, 0.717) is 11.5 Å². The van der Waals surface area contributed by atoms with Crippen molar-refractivity contribution in [2.75, 3.05) is 11.5 Å². The zero-order valence-corrected chi connectivity index (χ0v) is 12.6. The predicted octanol–water partition coefficient (Wildman–Crippen LogP) is 2.70. The SMILES string of the molecule is CCc1nn(CC)c(CC2CSCC2=O)c1Br. The largest absolute Gasteiger partial charge is 0.298 e. The number of nitrogens with zero attached hydrogens (tertiary/aromatic N) is 2. The number of rotatable bonds is 4. The summed E-state index contributed by atoms with van der Waals surface area (Å²) in [4.78, 5) is 11.7. The molecule has 0 bridgehead atoms. The number of carbonyl (C=O) groups is 1. The second-order valence-electron chi connectivity index (χ2n) is 4.26. The van der Waals surface area contributed by atoms with Gasteiger partial charge in [-0.2, -0.15) is 16.9 Å². The normalized spacial score (nSPS) is 20.2. The van der Waals surface area contributed by atoms with Gasteiger partial charge in [0.05, 0.1) is 21.6 Å². The quantitative estimate of drug-likeness (QED) is 0.856. The minimum Gasteiger partial charge on any atom is -0.298 e. The molecule has 1 unspecified atom stereocenters. The second kappa shape index (κ2) is 5.57. The Kier molecular flexibility index (Phi) is 4.31. The first-order chi connectivity index (χ1) is 8.17. The number of aromatic nitrogens is 2. The minimum absolute atomic E-state index is 0.183. The van der Waals surface area contributed by atoms with Gasteiger partial charge in [-0.25, -0.2) is 0 Å². The van der Waals surface area contributed by atoms with Crippen molar-refractivity contribution < 1.29 is 4.79 Å². The van der Waals surface area contributed by atoms with E-state index < -0.39 is 0 Å². The first-order valence-corrected chi connectivity index (χ1v) is 7.96. The van der Waals surface area contributed by atoms with Crippen LogP contribution < -0.4 is 0 Å². The average Bonchev–Trinajstić information content (AvgIpc) is 2.86. The number of hydrogen-bond donors (Lipinski definition) is 0. The molecule has 1 aliphatic rings. The van der Waals surface area contributed by atoms with Crippen LogP contribution in [0, 0.1) is 5.92 Å².